The normalized spacial score (nSPS) is 29.3. The van der Waals surface area contributed by atoms with Gasteiger partial charge in [-0.3, -0.25) is 33.6 Å². The highest BCUT2D eigenvalue weighted by atomic mass is 16.7. The third-order valence-corrected chi connectivity index (χ3v) is 12.6. The predicted molar refractivity (Wildman–Crippen MR) is 269 cm³/mol. The molecule has 0 aromatic rings. The molecule has 17 atom stereocenters. The number of nitrogens with one attached hydrogen (secondary N) is 8. The molecule has 462 valence electrons. The van der Waals surface area contributed by atoms with Crippen molar-refractivity contribution in [3.63, 3.8) is 0 Å². The van der Waals surface area contributed by atoms with Gasteiger partial charge in [0.05, 0.1) is 85.3 Å². The van der Waals surface area contributed by atoms with Crippen molar-refractivity contribution in [2.45, 2.75) is 150 Å². The van der Waals surface area contributed by atoms with E-state index < -0.39 is 165 Å². The third-order valence-electron chi connectivity index (χ3n) is 12.6. The second kappa shape index (κ2) is 37.6. The van der Waals surface area contributed by atoms with E-state index in [2.05, 4.69) is 42.5 Å². The van der Waals surface area contributed by atoms with Crippen molar-refractivity contribution < 1.29 is 122 Å². The predicted octanol–water partition coefficient (Wildman–Crippen LogP) is -10.1. The summed E-state index contributed by atoms with van der Waals surface area (Å²) in [5, 5.41) is 111. The number of likely N-dealkylation sites (N-methyl/N-ethyl adjacent to an activating group) is 1. The van der Waals surface area contributed by atoms with Gasteiger partial charge in [-0.05, 0) is 19.9 Å². The van der Waals surface area contributed by atoms with Crippen LogP contribution in [0.3, 0.4) is 0 Å². The van der Waals surface area contributed by atoms with E-state index in [1.165, 1.54) is 27.8 Å². The average molecular weight is 1160 g/mol. The molecular weight excluding hydrogens is 1080 g/mol. The zero-order valence-corrected chi connectivity index (χ0v) is 45.3. The van der Waals surface area contributed by atoms with E-state index in [9.17, 15) is 79.5 Å². The van der Waals surface area contributed by atoms with E-state index in [4.69, 9.17) is 42.6 Å². The molecule has 7 amide bonds. The van der Waals surface area contributed by atoms with Crippen LogP contribution in [0.15, 0.2) is 0 Å². The molecule has 0 bridgehead atoms. The lowest BCUT2D eigenvalue weighted by Crippen LogP contribution is -2.64. The molecule has 0 radical (unpaired) electrons. The van der Waals surface area contributed by atoms with Crippen molar-refractivity contribution in [3.8, 4) is 0 Å². The van der Waals surface area contributed by atoms with E-state index in [-0.39, 0.29) is 105 Å². The number of amides is 7. The topological polar surface area (TPSA) is 481 Å². The van der Waals surface area contributed by atoms with Gasteiger partial charge < -0.3 is 131 Å². The van der Waals surface area contributed by atoms with Crippen molar-refractivity contribution in [2.75, 3.05) is 106 Å². The lowest BCUT2D eigenvalue weighted by molar-refractivity contribution is -0.272. The van der Waals surface area contributed by atoms with Crippen LogP contribution in [-0.4, -0.2) is 297 Å². The minimum absolute atomic E-state index is 0.00723. The van der Waals surface area contributed by atoms with Crippen LogP contribution >= 0.6 is 0 Å². The molecule has 80 heavy (non-hydrogen) atoms. The Kier molecular flexibility index (Phi) is 32.8. The molecule has 3 aliphatic rings. The van der Waals surface area contributed by atoms with Crippen LogP contribution in [0.5, 0.6) is 0 Å². The summed E-state index contributed by atoms with van der Waals surface area (Å²) in [5.74, 6) is -3.83. The van der Waals surface area contributed by atoms with Crippen LogP contribution in [0.2, 0.25) is 0 Å². The Hall–Kier alpha value is -4.47. The maximum atomic E-state index is 13.4. The van der Waals surface area contributed by atoms with Gasteiger partial charge in [0.15, 0.2) is 18.9 Å². The van der Waals surface area contributed by atoms with Gasteiger partial charge in [-0.2, -0.15) is 0 Å². The Bertz CT molecular complexity index is 1890. The zero-order valence-electron chi connectivity index (χ0n) is 45.3. The van der Waals surface area contributed by atoms with Crippen LogP contribution in [0.1, 0.15) is 46.5 Å². The van der Waals surface area contributed by atoms with Crippen LogP contribution in [0, 0.1) is 0 Å². The number of ether oxygens (including phenoxy) is 9. The monoisotopic (exact) mass is 1160 g/mol. The van der Waals surface area contributed by atoms with Gasteiger partial charge in [0, 0.05) is 53.2 Å². The highest BCUT2D eigenvalue weighted by molar-refractivity contribution is 5.89. The van der Waals surface area contributed by atoms with Gasteiger partial charge in [0.25, 0.3) is 0 Å². The molecule has 3 fully saturated rings. The fraction of sp³-hybridized carbons (Fsp3) is 0.851. The van der Waals surface area contributed by atoms with Gasteiger partial charge in [-0.15, -0.1) is 0 Å². The van der Waals surface area contributed by atoms with Crippen LogP contribution in [0.4, 0.5) is 0 Å². The number of carbonyl (C=O) groups excluding carboxylic acids is 7. The molecule has 3 rings (SSSR count). The van der Waals surface area contributed by atoms with Gasteiger partial charge in [-0.1, -0.05) is 0 Å². The standard InChI is InChI=1S/C47H84N8O25/c1-24(59)52-34-40(67)37(64)29(21-56)78-45(34)75-18-15-72-12-9-49-32(62)7-6-28(44(71)51-11-14-74-17-20-77-47-36(54-26(3)61)42(69)39(66)31(23-58)80-47)55-33(63)8-5-27(48-4)43(70)50-10-13-73-16-19-76-46-35(53-25(2)60)41(68)38(65)30(22-57)79-46/h27-31,34-42,45-48,56-58,64-69H,5-23H2,1-4H3,(H,49,62)(H,50,70)(H,51,71)(H,52,59)(H,53,60)(H,54,61)(H,55,63). The first kappa shape index (κ1) is 69.8. The first-order chi connectivity index (χ1) is 38.2. The lowest BCUT2D eigenvalue weighted by atomic mass is 9.97. The number of rotatable bonds is 37. The quantitative estimate of drug-likeness (QED) is 0.0257. The maximum Gasteiger partial charge on any atom is 0.242 e. The van der Waals surface area contributed by atoms with Crippen molar-refractivity contribution in [1.29, 1.82) is 0 Å². The summed E-state index contributed by atoms with van der Waals surface area (Å²) in [6, 6.07) is -5.52. The fourth-order valence-corrected chi connectivity index (χ4v) is 8.40. The maximum absolute atomic E-state index is 13.4. The van der Waals surface area contributed by atoms with E-state index in [1.54, 1.807) is 0 Å². The molecule has 0 aromatic heterocycles. The SMILES string of the molecule is CNC(CCC(=O)NC(CCC(=O)NCCOCCOC1OC(CO)C(O)C(O)C1NC(C)=O)C(=O)NCCOCCOC1OC(CO)C(O)C(O)C1NC(C)=O)C(=O)NCCOCCOC1OC(CO)C(O)C(O)C1NC(C)=O. The highest BCUT2D eigenvalue weighted by Gasteiger charge is 2.48. The van der Waals surface area contributed by atoms with Gasteiger partial charge in [0.2, 0.25) is 41.4 Å². The second-order valence-corrected chi connectivity index (χ2v) is 18.7. The summed E-state index contributed by atoms with van der Waals surface area (Å²) in [7, 11) is 1.51. The molecular formula is C47H84N8O25. The van der Waals surface area contributed by atoms with E-state index in [1.807, 2.05) is 0 Å². The molecule has 3 heterocycles. The summed E-state index contributed by atoms with van der Waals surface area (Å²) in [6.07, 6.45) is -16.8. The second-order valence-electron chi connectivity index (χ2n) is 18.7. The number of hydrogen-bond donors (Lipinski definition) is 17. The van der Waals surface area contributed by atoms with Crippen molar-refractivity contribution in [3.05, 3.63) is 0 Å². The van der Waals surface area contributed by atoms with Gasteiger partial charge >= 0.3 is 0 Å². The molecule has 0 aromatic carbocycles. The summed E-state index contributed by atoms with van der Waals surface area (Å²) in [6.45, 7) is 1.28. The Labute approximate surface area is 461 Å². The Morgan fingerprint density at radius 2 is 0.762 bits per heavy atom. The van der Waals surface area contributed by atoms with Gasteiger partial charge in [-0.25, -0.2) is 0 Å². The van der Waals surface area contributed by atoms with E-state index in [0.29, 0.717) is 0 Å². The van der Waals surface area contributed by atoms with E-state index >= 15 is 0 Å². The molecule has 3 saturated heterocycles. The minimum Gasteiger partial charge on any atom is -0.394 e. The van der Waals surface area contributed by atoms with Crippen LogP contribution in [-0.2, 0) is 76.2 Å². The first-order valence-electron chi connectivity index (χ1n) is 26.2. The largest absolute Gasteiger partial charge is 0.394 e. The Morgan fingerprint density at radius 3 is 1.10 bits per heavy atom. The van der Waals surface area contributed by atoms with Crippen molar-refractivity contribution in [1.82, 2.24) is 42.5 Å². The molecule has 3 aliphatic heterocycles. The number of hydrogen-bond acceptors (Lipinski definition) is 26. The Balaban J connectivity index is 1.47. The van der Waals surface area contributed by atoms with Crippen molar-refractivity contribution in [2.24, 2.45) is 0 Å². The summed E-state index contributed by atoms with van der Waals surface area (Å²) >= 11 is 0. The fourth-order valence-electron chi connectivity index (χ4n) is 8.40. The molecule has 33 heteroatoms. The first-order valence-corrected chi connectivity index (χ1v) is 26.2. The third kappa shape index (κ3) is 23.8. The number of aliphatic hydroxyl groups excluding tert-OH is 9. The summed E-state index contributed by atoms with van der Waals surface area (Å²) < 4.78 is 49.9. The smallest absolute Gasteiger partial charge is 0.242 e. The van der Waals surface area contributed by atoms with Crippen LogP contribution < -0.4 is 42.5 Å². The number of carbonyl (C=O) groups is 7. The van der Waals surface area contributed by atoms with Crippen molar-refractivity contribution >= 4 is 41.4 Å². The molecule has 0 aliphatic carbocycles. The molecule has 0 spiro atoms. The van der Waals surface area contributed by atoms with Crippen LogP contribution in [0.25, 0.3) is 0 Å². The zero-order chi connectivity index (χ0) is 59.3. The summed E-state index contributed by atoms with van der Waals surface area (Å²) in [4.78, 5) is 87.6. The van der Waals surface area contributed by atoms with Gasteiger partial charge in [0.1, 0.15) is 79.1 Å². The molecule has 17 N–H and O–H groups in total. The minimum atomic E-state index is -1.51. The van der Waals surface area contributed by atoms with E-state index in [0.717, 1.165) is 0 Å². The highest BCUT2D eigenvalue weighted by Crippen LogP contribution is 2.25. The Morgan fingerprint density at radius 1 is 0.438 bits per heavy atom. The molecule has 33 nitrogen and oxygen atoms in total. The number of aliphatic hydroxyl groups is 9. The molecule has 0 saturated carbocycles. The lowest BCUT2D eigenvalue weighted by Gasteiger charge is -2.42. The molecule has 17 unspecified atom stereocenters. The average Bonchev–Trinajstić information content (AvgIpc) is 3.51. The summed E-state index contributed by atoms with van der Waals surface area (Å²) in [5.41, 5.74) is 0.